The van der Waals surface area contributed by atoms with Crippen LogP contribution in [0.15, 0.2) is 6.07 Å². The quantitative estimate of drug-likeness (QED) is 0.630. The Balaban J connectivity index is 1.86. The largest absolute Gasteiger partial charge is 0.481 e. The molecule has 1 aromatic heterocycles. The van der Waals surface area contributed by atoms with Crippen LogP contribution < -0.4 is 9.82 Å². The number of aromatic nitrogens is 2. The lowest BCUT2D eigenvalue weighted by Crippen LogP contribution is -2.13. The molecule has 2 fully saturated rings. The van der Waals surface area contributed by atoms with Crippen LogP contribution in [0.5, 0.6) is 5.88 Å². The molecule has 0 spiro atoms. The number of rotatable bonds is 5. The number of hydrogen-bond acceptors (Lipinski definition) is 4. The van der Waals surface area contributed by atoms with Gasteiger partial charge in [0, 0.05) is 32.2 Å². The second-order valence-electron chi connectivity index (χ2n) is 4.41. The van der Waals surface area contributed by atoms with E-state index in [0.717, 1.165) is 26.2 Å². The van der Waals surface area contributed by atoms with Crippen molar-refractivity contribution in [2.45, 2.75) is 6.92 Å². The summed E-state index contributed by atoms with van der Waals surface area (Å²) in [6.07, 6.45) is 0. The number of methoxy groups -OCH3 is 1. The summed E-state index contributed by atoms with van der Waals surface area (Å²) in [5, 5.41) is 3.07. The minimum absolute atomic E-state index is 0.480. The van der Waals surface area contributed by atoms with Crippen LogP contribution in [-0.4, -0.2) is 52.6 Å². The number of nitrogens with one attached hydrogen (secondary N) is 1. The lowest BCUT2D eigenvalue weighted by Gasteiger charge is -2.21. The van der Waals surface area contributed by atoms with E-state index >= 15 is 0 Å². The Hall–Kier alpha value is -1.17. The number of nitrogens with zero attached hydrogens (tertiary/aromatic N) is 4. The van der Waals surface area contributed by atoms with Crippen molar-refractivity contribution in [2.24, 2.45) is 0 Å². The highest BCUT2D eigenvalue weighted by atomic mass is 31.2. The molecule has 3 rings (SSSR count). The van der Waals surface area contributed by atoms with Crippen molar-refractivity contribution in [3.05, 3.63) is 11.9 Å². The Morgan fingerprint density at radius 3 is 2.39 bits per heavy atom. The second kappa shape index (κ2) is 4.19. The number of ether oxygens (including phenoxy) is 1. The van der Waals surface area contributed by atoms with Crippen LogP contribution in [-0.2, 0) is 4.57 Å². The lowest BCUT2D eigenvalue weighted by molar-refractivity contribution is 0.396. The fraction of sp³-hybridized carbons (Fsp3) is 0.600. The Labute approximate surface area is 106 Å². The van der Waals surface area contributed by atoms with Crippen LogP contribution in [0.3, 0.4) is 0 Å². The number of aryl methyl sites for hydroxylation is 1. The maximum Gasteiger partial charge on any atom is 0.309 e. The smallest absolute Gasteiger partial charge is 0.309 e. The maximum absolute atomic E-state index is 12.9. The first kappa shape index (κ1) is 11.9. The maximum atomic E-state index is 12.9. The molecule has 1 N–H and O–H groups in total. The van der Waals surface area contributed by atoms with Gasteiger partial charge in [-0.2, -0.15) is 4.98 Å². The van der Waals surface area contributed by atoms with Crippen molar-refractivity contribution in [3.8, 4) is 5.88 Å². The van der Waals surface area contributed by atoms with E-state index in [-0.39, 0.29) is 0 Å². The van der Waals surface area contributed by atoms with Crippen molar-refractivity contribution in [3.63, 3.8) is 0 Å². The molecule has 2 aliphatic rings. The van der Waals surface area contributed by atoms with Crippen molar-refractivity contribution in [1.29, 1.82) is 0 Å². The Morgan fingerprint density at radius 1 is 1.28 bits per heavy atom. The Bertz CT molecular complexity index is 499. The van der Waals surface area contributed by atoms with E-state index in [4.69, 9.17) is 4.74 Å². The van der Waals surface area contributed by atoms with Crippen LogP contribution in [0.25, 0.3) is 0 Å². The molecule has 0 aliphatic carbocycles. The molecule has 8 heteroatoms. The van der Waals surface area contributed by atoms with E-state index in [2.05, 4.69) is 15.1 Å². The third-order valence-electron chi connectivity index (χ3n) is 2.90. The van der Waals surface area contributed by atoms with Crippen molar-refractivity contribution >= 4 is 13.4 Å². The predicted molar refractivity (Wildman–Crippen MR) is 67.7 cm³/mol. The van der Waals surface area contributed by atoms with Gasteiger partial charge in [-0.3, -0.25) is 9.65 Å². The van der Waals surface area contributed by atoms with E-state index in [1.54, 1.807) is 20.1 Å². The highest BCUT2D eigenvalue weighted by Crippen LogP contribution is 2.59. The van der Waals surface area contributed by atoms with Gasteiger partial charge in [0.05, 0.1) is 7.11 Å². The fourth-order valence-electron chi connectivity index (χ4n) is 1.80. The highest BCUT2D eigenvalue weighted by Gasteiger charge is 2.48. The fourth-order valence-corrected chi connectivity index (χ4v) is 4.12. The first-order chi connectivity index (χ1) is 8.61. The van der Waals surface area contributed by atoms with Gasteiger partial charge in [0.15, 0.2) is 0 Å². The lowest BCUT2D eigenvalue weighted by atomic mass is 10.5. The number of hydrogen-bond donors (Lipinski definition) is 1. The minimum Gasteiger partial charge on any atom is -0.481 e. The summed E-state index contributed by atoms with van der Waals surface area (Å²) in [4.78, 5) is 8.37. The molecule has 0 unspecified atom stereocenters. The summed E-state index contributed by atoms with van der Waals surface area (Å²) in [6, 6.07) is 1.67. The van der Waals surface area contributed by atoms with Gasteiger partial charge in [-0.05, 0) is 6.92 Å². The molecule has 2 saturated heterocycles. The van der Waals surface area contributed by atoms with Gasteiger partial charge >= 0.3 is 7.59 Å². The van der Waals surface area contributed by atoms with Gasteiger partial charge in [0.25, 0.3) is 0 Å². The molecule has 7 nitrogen and oxygen atoms in total. The second-order valence-corrected chi connectivity index (χ2v) is 6.85. The highest BCUT2D eigenvalue weighted by molar-refractivity contribution is 7.61. The monoisotopic (exact) mass is 269 g/mol. The van der Waals surface area contributed by atoms with E-state index in [9.17, 15) is 4.57 Å². The standard InChI is InChI=1S/C10H16N5O2P/c1-8-11-9(7-10(12-8)17-2)13-18(16,14-3-4-14)15-5-6-15/h7H,3-6H2,1-2H3,(H,11,12,13,16). The van der Waals surface area contributed by atoms with Crippen molar-refractivity contribution in [1.82, 2.24) is 19.3 Å². The normalized spacial score (nSPS) is 19.7. The first-order valence-electron chi connectivity index (χ1n) is 5.91. The van der Waals surface area contributed by atoms with Gasteiger partial charge in [-0.15, -0.1) is 0 Å². The van der Waals surface area contributed by atoms with E-state index in [1.165, 1.54) is 0 Å². The van der Waals surface area contributed by atoms with Gasteiger partial charge in [0.2, 0.25) is 5.88 Å². The molecule has 0 saturated carbocycles. The van der Waals surface area contributed by atoms with Crippen LogP contribution in [0, 0.1) is 6.92 Å². The van der Waals surface area contributed by atoms with E-state index in [0.29, 0.717) is 17.5 Å². The molecule has 98 valence electrons. The molecule has 0 atom stereocenters. The van der Waals surface area contributed by atoms with Crippen molar-refractivity contribution < 1.29 is 9.30 Å². The molecule has 3 heterocycles. The van der Waals surface area contributed by atoms with Crippen LogP contribution in [0.1, 0.15) is 5.82 Å². The average Bonchev–Trinajstić information content (AvgIpc) is 3.19. The number of anilines is 1. The zero-order chi connectivity index (χ0) is 12.8. The molecular formula is C10H16N5O2P. The zero-order valence-corrected chi connectivity index (χ0v) is 11.4. The van der Waals surface area contributed by atoms with Crippen LogP contribution in [0.4, 0.5) is 5.82 Å². The average molecular weight is 269 g/mol. The summed E-state index contributed by atoms with van der Waals surface area (Å²) < 4.78 is 21.8. The molecule has 1 aromatic rings. The molecule has 0 radical (unpaired) electrons. The van der Waals surface area contributed by atoms with Crippen LogP contribution in [0.2, 0.25) is 0 Å². The van der Waals surface area contributed by atoms with Gasteiger partial charge in [-0.1, -0.05) is 0 Å². The minimum atomic E-state index is -2.64. The van der Waals surface area contributed by atoms with Crippen molar-refractivity contribution in [2.75, 3.05) is 38.4 Å². The topological polar surface area (TPSA) is 70.1 Å². The third-order valence-corrected chi connectivity index (χ3v) is 5.75. The Kier molecular flexibility index (Phi) is 2.77. The van der Waals surface area contributed by atoms with Gasteiger partial charge in [-0.25, -0.2) is 14.3 Å². The first-order valence-corrected chi connectivity index (χ1v) is 7.52. The zero-order valence-electron chi connectivity index (χ0n) is 10.5. The summed E-state index contributed by atoms with van der Waals surface area (Å²) in [5.41, 5.74) is 0. The van der Waals surface area contributed by atoms with E-state index < -0.39 is 7.59 Å². The molecular weight excluding hydrogens is 253 g/mol. The Morgan fingerprint density at radius 2 is 1.89 bits per heavy atom. The summed E-state index contributed by atoms with van der Waals surface area (Å²) in [5.74, 6) is 1.63. The summed E-state index contributed by atoms with van der Waals surface area (Å²) in [6.45, 7) is 5.29. The third kappa shape index (κ3) is 2.21. The molecule has 0 bridgehead atoms. The summed E-state index contributed by atoms with van der Waals surface area (Å²) >= 11 is 0. The molecule has 0 amide bonds. The molecule has 0 aromatic carbocycles. The summed E-state index contributed by atoms with van der Waals surface area (Å²) in [7, 11) is -1.09. The SMILES string of the molecule is COc1cc(NP(=O)(N2CC2)N2CC2)nc(C)n1. The molecule has 18 heavy (non-hydrogen) atoms. The van der Waals surface area contributed by atoms with E-state index in [1.807, 2.05) is 9.34 Å². The van der Waals surface area contributed by atoms with Gasteiger partial charge in [0.1, 0.15) is 11.6 Å². The predicted octanol–water partition coefficient (Wildman–Crippen LogP) is 0.945. The molecule has 2 aliphatic heterocycles. The van der Waals surface area contributed by atoms with Crippen LogP contribution >= 0.6 is 7.59 Å². The van der Waals surface area contributed by atoms with Gasteiger partial charge < -0.3 is 4.74 Å².